The van der Waals surface area contributed by atoms with E-state index in [1.807, 2.05) is 25.1 Å². The van der Waals surface area contributed by atoms with E-state index >= 15 is 0 Å². The second-order valence-electron chi connectivity index (χ2n) is 5.80. The van der Waals surface area contributed by atoms with E-state index in [1.54, 1.807) is 12.3 Å². The number of anilines is 1. The van der Waals surface area contributed by atoms with Gasteiger partial charge in [0.25, 0.3) is 0 Å². The standard InChI is InChI=1S/C20H25N3O4/c1-3-5-6-11-27-17-9-7-15(12-18(17)26-4-2)13-22-23-19-10-8-16(14-21-19)20(24)25/h7-10,12-14H,3-6,11H2,1-2H3,(H,21,23)(H,24,25)/b22-13+. The predicted octanol–water partition coefficient (Wildman–Crippen LogP) is 4.19. The van der Waals surface area contributed by atoms with Crippen molar-refractivity contribution in [2.24, 2.45) is 5.10 Å². The maximum absolute atomic E-state index is 10.8. The van der Waals surface area contributed by atoms with Crippen molar-refractivity contribution in [3.63, 3.8) is 0 Å². The van der Waals surface area contributed by atoms with Crippen molar-refractivity contribution in [1.29, 1.82) is 0 Å². The van der Waals surface area contributed by atoms with Crippen molar-refractivity contribution in [1.82, 2.24) is 4.98 Å². The van der Waals surface area contributed by atoms with Crippen LogP contribution in [0.5, 0.6) is 11.5 Å². The summed E-state index contributed by atoms with van der Waals surface area (Å²) in [5, 5.41) is 13.0. The normalized spacial score (nSPS) is 10.7. The first-order chi connectivity index (χ1) is 13.1. The Hall–Kier alpha value is -3.09. The van der Waals surface area contributed by atoms with Crippen LogP contribution in [-0.2, 0) is 0 Å². The molecule has 0 saturated carbocycles. The molecule has 7 heteroatoms. The number of rotatable bonds is 11. The first-order valence-corrected chi connectivity index (χ1v) is 9.02. The molecule has 144 valence electrons. The number of hydrogen-bond donors (Lipinski definition) is 2. The largest absolute Gasteiger partial charge is 0.490 e. The van der Waals surface area contributed by atoms with E-state index in [-0.39, 0.29) is 5.56 Å². The lowest BCUT2D eigenvalue weighted by Gasteiger charge is -2.12. The number of nitrogens with one attached hydrogen (secondary N) is 1. The summed E-state index contributed by atoms with van der Waals surface area (Å²) in [4.78, 5) is 14.8. The van der Waals surface area contributed by atoms with Crippen LogP contribution in [-0.4, -0.2) is 35.5 Å². The molecule has 0 bridgehead atoms. The van der Waals surface area contributed by atoms with E-state index in [1.165, 1.54) is 12.3 Å². The number of hydrogen-bond acceptors (Lipinski definition) is 6. The molecule has 0 aliphatic carbocycles. The highest BCUT2D eigenvalue weighted by molar-refractivity contribution is 5.87. The third-order valence-electron chi connectivity index (χ3n) is 3.68. The molecule has 0 fully saturated rings. The van der Waals surface area contributed by atoms with E-state index in [9.17, 15) is 4.79 Å². The molecule has 0 amide bonds. The number of carbonyl (C=O) groups is 1. The molecule has 1 heterocycles. The molecule has 2 aromatic rings. The summed E-state index contributed by atoms with van der Waals surface area (Å²) >= 11 is 0. The number of hydrazone groups is 1. The summed E-state index contributed by atoms with van der Waals surface area (Å²) < 4.78 is 11.5. The fraction of sp³-hybridized carbons (Fsp3) is 0.350. The average Bonchev–Trinajstić information content (AvgIpc) is 2.67. The first-order valence-electron chi connectivity index (χ1n) is 9.02. The van der Waals surface area contributed by atoms with Gasteiger partial charge in [-0.05, 0) is 49.2 Å². The van der Waals surface area contributed by atoms with Crippen LogP contribution in [0.1, 0.15) is 49.0 Å². The highest BCUT2D eigenvalue weighted by atomic mass is 16.5. The lowest BCUT2D eigenvalue weighted by Crippen LogP contribution is -2.02. The summed E-state index contributed by atoms with van der Waals surface area (Å²) in [6.45, 7) is 5.30. The molecule has 0 radical (unpaired) electrons. The van der Waals surface area contributed by atoms with Crippen LogP contribution in [0, 0.1) is 0 Å². The molecule has 0 spiro atoms. The quantitative estimate of drug-likeness (QED) is 0.349. The summed E-state index contributed by atoms with van der Waals surface area (Å²) in [7, 11) is 0. The lowest BCUT2D eigenvalue weighted by atomic mass is 10.2. The minimum Gasteiger partial charge on any atom is -0.490 e. The molecule has 0 aliphatic heterocycles. The number of nitrogens with zero attached hydrogens (tertiary/aromatic N) is 2. The van der Waals surface area contributed by atoms with E-state index < -0.39 is 5.97 Å². The van der Waals surface area contributed by atoms with Crippen molar-refractivity contribution in [2.75, 3.05) is 18.6 Å². The van der Waals surface area contributed by atoms with Crippen molar-refractivity contribution >= 4 is 18.0 Å². The lowest BCUT2D eigenvalue weighted by molar-refractivity contribution is 0.0696. The minimum absolute atomic E-state index is 0.125. The summed E-state index contributed by atoms with van der Waals surface area (Å²) in [5.41, 5.74) is 3.73. The number of benzene rings is 1. The molecule has 27 heavy (non-hydrogen) atoms. The van der Waals surface area contributed by atoms with Crippen molar-refractivity contribution in [2.45, 2.75) is 33.1 Å². The molecule has 0 saturated heterocycles. The summed E-state index contributed by atoms with van der Waals surface area (Å²) in [6, 6.07) is 8.65. The van der Waals surface area contributed by atoms with Gasteiger partial charge in [-0.3, -0.25) is 5.43 Å². The number of aromatic carboxylic acids is 1. The van der Waals surface area contributed by atoms with E-state index in [4.69, 9.17) is 14.6 Å². The number of pyridine rings is 1. The topological polar surface area (TPSA) is 93.0 Å². The number of carboxylic acid groups (broad SMARTS) is 1. The minimum atomic E-state index is -1.02. The van der Waals surface area contributed by atoms with Gasteiger partial charge >= 0.3 is 5.97 Å². The fourth-order valence-electron chi connectivity index (χ4n) is 2.29. The van der Waals surface area contributed by atoms with Gasteiger partial charge in [0.1, 0.15) is 5.82 Å². The Labute approximate surface area is 159 Å². The molecule has 1 aromatic heterocycles. The number of ether oxygens (including phenoxy) is 2. The zero-order valence-electron chi connectivity index (χ0n) is 15.6. The summed E-state index contributed by atoms with van der Waals surface area (Å²) in [6.07, 6.45) is 6.22. The Morgan fingerprint density at radius 1 is 1.19 bits per heavy atom. The molecule has 0 aliphatic rings. The summed E-state index contributed by atoms with van der Waals surface area (Å²) in [5.74, 6) is 0.848. The second kappa shape index (κ2) is 10.8. The second-order valence-corrected chi connectivity index (χ2v) is 5.80. The smallest absolute Gasteiger partial charge is 0.337 e. The van der Waals surface area contributed by atoms with Gasteiger partial charge in [-0.2, -0.15) is 5.10 Å². The Bertz CT molecular complexity index is 760. The van der Waals surface area contributed by atoms with E-state index in [2.05, 4.69) is 22.4 Å². The van der Waals surface area contributed by atoms with Gasteiger partial charge in [0.15, 0.2) is 11.5 Å². The molecule has 2 N–H and O–H groups in total. The van der Waals surface area contributed by atoms with Crippen LogP contribution in [0.3, 0.4) is 0 Å². The number of aromatic nitrogens is 1. The Morgan fingerprint density at radius 3 is 2.70 bits per heavy atom. The molecule has 2 rings (SSSR count). The molecule has 1 aromatic carbocycles. The predicted molar refractivity (Wildman–Crippen MR) is 105 cm³/mol. The van der Waals surface area contributed by atoms with E-state index in [0.717, 1.165) is 30.6 Å². The Balaban J connectivity index is 1.99. The molecule has 0 atom stereocenters. The van der Waals surface area contributed by atoms with Gasteiger partial charge in [-0.15, -0.1) is 0 Å². The van der Waals surface area contributed by atoms with Crippen LogP contribution in [0.4, 0.5) is 5.82 Å². The Morgan fingerprint density at radius 2 is 2.04 bits per heavy atom. The van der Waals surface area contributed by atoms with Crippen molar-refractivity contribution in [3.8, 4) is 11.5 Å². The molecular formula is C20H25N3O4. The van der Waals surface area contributed by atoms with Gasteiger partial charge < -0.3 is 14.6 Å². The molecular weight excluding hydrogens is 346 g/mol. The number of unbranched alkanes of at least 4 members (excludes halogenated alkanes) is 2. The fourth-order valence-corrected chi connectivity index (χ4v) is 2.29. The van der Waals surface area contributed by atoms with Crippen LogP contribution < -0.4 is 14.9 Å². The van der Waals surface area contributed by atoms with Crippen LogP contribution in [0.25, 0.3) is 0 Å². The van der Waals surface area contributed by atoms with Crippen molar-refractivity contribution < 1.29 is 19.4 Å². The molecule has 7 nitrogen and oxygen atoms in total. The van der Waals surface area contributed by atoms with Crippen LogP contribution in [0.15, 0.2) is 41.6 Å². The van der Waals surface area contributed by atoms with Gasteiger partial charge in [0.2, 0.25) is 0 Å². The van der Waals surface area contributed by atoms with Gasteiger partial charge in [-0.1, -0.05) is 19.8 Å². The third kappa shape index (κ3) is 6.62. The zero-order valence-corrected chi connectivity index (χ0v) is 15.6. The highest BCUT2D eigenvalue weighted by Gasteiger charge is 2.06. The third-order valence-corrected chi connectivity index (χ3v) is 3.68. The zero-order chi connectivity index (χ0) is 19.5. The monoisotopic (exact) mass is 371 g/mol. The van der Waals surface area contributed by atoms with E-state index in [0.29, 0.717) is 24.8 Å². The maximum atomic E-state index is 10.8. The number of carboxylic acids is 1. The van der Waals surface area contributed by atoms with Gasteiger partial charge in [-0.25, -0.2) is 9.78 Å². The Kier molecular flexibility index (Phi) is 8.09. The maximum Gasteiger partial charge on any atom is 0.337 e. The van der Waals surface area contributed by atoms with Crippen LogP contribution >= 0.6 is 0 Å². The van der Waals surface area contributed by atoms with Gasteiger partial charge in [0.05, 0.1) is 25.0 Å². The first kappa shape index (κ1) is 20.2. The van der Waals surface area contributed by atoms with Gasteiger partial charge in [0, 0.05) is 6.20 Å². The van der Waals surface area contributed by atoms with Crippen LogP contribution in [0.2, 0.25) is 0 Å². The molecule has 0 unspecified atom stereocenters. The van der Waals surface area contributed by atoms with Crippen molar-refractivity contribution in [3.05, 3.63) is 47.7 Å². The average molecular weight is 371 g/mol. The SMILES string of the molecule is CCCCCOc1ccc(/C=N/Nc2ccc(C(=O)O)cn2)cc1OCC. The highest BCUT2D eigenvalue weighted by Crippen LogP contribution is 2.28.